The van der Waals surface area contributed by atoms with Gasteiger partial charge in [-0.05, 0) is 42.3 Å². The van der Waals surface area contributed by atoms with Crippen molar-refractivity contribution in [3.05, 3.63) is 47.7 Å². The van der Waals surface area contributed by atoms with Gasteiger partial charge in [0.1, 0.15) is 0 Å². The lowest BCUT2D eigenvalue weighted by molar-refractivity contribution is 0.736. The number of aromatic nitrogens is 1. The smallest absolute Gasteiger partial charge is 0.0644 e. The fourth-order valence-electron chi connectivity index (χ4n) is 1.60. The van der Waals surface area contributed by atoms with Crippen molar-refractivity contribution in [3.63, 3.8) is 0 Å². The summed E-state index contributed by atoms with van der Waals surface area (Å²) >= 11 is 1.74. The minimum absolute atomic E-state index is 0.985. The van der Waals surface area contributed by atoms with Crippen LogP contribution in [0, 0.1) is 0 Å². The van der Waals surface area contributed by atoms with Crippen LogP contribution in [0.4, 0.5) is 0 Å². The first kappa shape index (κ1) is 12.8. The van der Waals surface area contributed by atoms with Crippen molar-refractivity contribution in [2.45, 2.75) is 19.8 Å². The molecule has 0 amide bonds. The molecular formula is C15H18N2S. The molecule has 0 aliphatic carbocycles. The standard InChI is InChI=1S/C15H18N2S/c1-2-3-9-16-10-8-14-7-6-13(12-17-14)15-5-4-11-18-15/h4-8,10-12,16H,2-3,9H2,1H3/b10-8-. The first-order chi connectivity index (χ1) is 8.90. The van der Waals surface area contributed by atoms with E-state index in [2.05, 4.69) is 40.8 Å². The van der Waals surface area contributed by atoms with E-state index >= 15 is 0 Å². The van der Waals surface area contributed by atoms with Crippen LogP contribution in [0.1, 0.15) is 25.5 Å². The third-order valence-electron chi connectivity index (χ3n) is 2.64. The van der Waals surface area contributed by atoms with Crippen molar-refractivity contribution in [1.82, 2.24) is 10.3 Å². The van der Waals surface area contributed by atoms with E-state index < -0.39 is 0 Å². The van der Waals surface area contributed by atoms with Crippen LogP contribution >= 0.6 is 11.3 Å². The van der Waals surface area contributed by atoms with Crippen molar-refractivity contribution < 1.29 is 0 Å². The molecule has 2 nitrogen and oxygen atoms in total. The van der Waals surface area contributed by atoms with Gasteiger partial charge < -0.3 is 5.32 Å². The van der Waals surface area contributed by atoms with Crippen LogP contribution in [0.25, 0.3) is 16.5 Å². The summed E-state index contributed by atoms with van der Waals surface area (Å²) in [5.74, 6) is 0. The van der Waals surface area contributed by atoms with Gasteiger partial charge in [-0.3, -0.25) is 4.98 Å². The molecule has 0 spiro atoms. The SMILES string of the molecule is CCCCN/C=C\c1ccc(-c2cccs2)cn1. The molecule has 94 valence electrons. The zero-order chi connectivity index (χ0) is 12.6. The third kappa shape index (κ3) is 3.70. The fraction of sp³-hybridized carbons (Fsp3) is 0.267. The summed E-state index contributed by atoms with van der Waals surface area (Å²) in [6.45, 7) is 3.22. The van der Waals surface area contributed by atoms with Gasteiger partial charge in [-0.2, -0.15) is 0 Å². The Bertz CT molecular complexity index is 472. The van der Waals surface area contributed by atoms with Gasteiger partial charge >= 0.3 is 0 Å². The predicted octanol–water partition coefficient (Wildman–Crippen LogP) is 4.17. The Morgan fingerprint density at radius 1 is 1.33 bits per heavy atom. The Morgan fingerprint density at radius 3 is 2.94 bits per heavy atom. The average molecular weight is 258 g/mol. The number of unbranched alkanes of at least 4 members (excludes halogenated alkanes) is 1. The maximum Gasteiger partial charge on any atom is 0.0644 e. The number of rotatable bonds is 6. The minimum Gasteiger partial charge on any atom is -0.391 e. The Morgan fingerprint density at radius 2 is 2.28 bits per heavy atom. The van der Waals surface area contributed by atoms with Crippen molar-refractivity contribution >= 4 is 17.4 Å². The lowest BCUT2D eigenvalue weighted by atomic mass is 10.2. The van der Waals surface area contributed by atoms with E-state index in [0.29, 0.717) is 0 Å². The Balaban J connectivity index is 1.92. The molecule has 2 heterocycles. The van der Waals surface area contributed by atoms with E-state index in [-0.39, 0.29) is 0 Å². The highest BCUT2D eigenvalue weighted by atomic mass is 32.1. The maximum atomic E-state index is 4.43. The van der Waals surface area contributed by atoms with E-state index in [1.54, 1.807) is 11.3 Å². The molecule has 0 radical (unpaired) electrons. The highest BCUT2D eigenvalue weighted by Gasteiger charge is 1.98. The molecule has 2 aromatic heterocycles. The number of nitrogens with one attached hydrogen (secondary N) is 1. The minimum atomic E-state index is 0.985. The Hall–Kier alpha value is -1.61. The van der Waals surface area contributed by atoms with Crippen LogP contribution in [0.3, 0.4) is 0 Å². The number of pyridine rings is 1. The Labute approximate surface area is 112 Å². The second-order valence-electron chi connectivity index (χ2n) is 4.09. The van der Waals surface area contributed by atoms with Crippen molar-refractivity contribution in [2.24, 2.45) is 0 Å². The van der Waals surface area contributed by atoms with E-state index in [1.807, 2.05) is 24.5 Å². The summed E-state index contributed by atoms with van der Waals surface area (Å²) in [4.78, 5) is 5.70. The number of thiophene rings is 1. The van der Waals surface area contributed by atoms with Crippen LogP contribution < -0.4 is 5.32 Å². The van der Waals surface area contributed by atoms with Crippen molar-refractivity contribution in [3.8, 4) is 10.4 Å². The molecule has 18 heavy (non-hydrogen) atoms. The van der Waals surface area contributed by atoms with Crippen LogP contribution in [-0.2, 0) is 0 Å². The second-order valence-corrected chi connectivity index (χ2v) is 5.04. The summed E-state index contributed by atoms with van der Waals surface area (Å²) in [5.41, 5.74) is 2.17. The van der Waals surface area contributed by atoms with Crippen LogP contribution in [0.5, 0.6) is 0 Å². The molecule has 0 saturated carbocycles. The molecule has 2 aromatic rings. The van der Waals surface area contributed by atoms with E-state index in [4.69, 9.17) is 0 Å². The van der Waals surface area contributed by atoms with Crippen LogP contribution in [0.15, 0.2) is 42.0 Å². The predicted molar refractivity (Wildman–Crippen MR) is 79.5 cm³/mol. The highest BCUT2D eigenvalue weighted by Crippen LogP contribution is 2.23. The lowest BCUT2D eigenvalue weighted by Gasteiger charge is -1.99. The number of hydrogen-bond acceptors (Lipinski definition) is 3. The summed E-state index contributed by atoms with van der Waals surface area (Å²) in [6, 6.07) is 8.34. The van der Waals surface area contributed by atoms with E-state index in [0.717, 1.165) is 12.2 Å². The first-order valence-electron chi connectivity index (χ1n) is 6.30. The van der Waals surface area contributed by atoms with Gasteiger partial charge in [-0.25, -0.2) is 0 Å². The third-order valence-corrected chi connectivity index (χ3v) is 3.56. The summed E-state index contributed by atoms with van der Waals surface area (Å²) in [6.07, 6.45) is 8.33. The topological polar surface area (TPSA) is 24.9 Å². The second kappa shape index (κ2) is 6.97. The van der Waals surface area contributed by atoms with Crippen molar-refractivity contribution in [1.29, 1.82) is 0 Å². The van der Waals surface area contributed by atoms with Gasteiger partial charge in [0.25, 0.3) is 0 Å². The summed E-state index contributed by atoms with van der Waals surface area (Å²) in [7, 11) is 0. The number of hydrogen-bond donors (Lipinski definition) is 1. The molecule has 2 rings (SSSR count). The first-order valence-corrected chi connectivity index (χ1v) is 7.18. The molecule has 0 aliphatic heterocycles. The van der Waals surface area contributed by atoms with E-state index in [9.17, 15) is 0 Å². The molecule has 0 aromatic carbocycles. The van der Waals surface area contributed by atoms with Gasteiger partial charge in [0.05, 0.1) is 5.69 Å². The van der Waals surface area contributed by atoms with E-state index in [1.165, 1.54) is 23.3 Å². The highest BCUT2D eigenvalue weighted by molar-refractivity contribution is 7.13. The quantitative estimate of drug-likeness (QED) is 0.787. The van der Waals surface area contributed by atoms with Gasteiger partial charge in [-0.15, -0.1) is 11.3 Å². The van der Waals surface area contributed by atoms with Gasteiger partial charge in [-0.1, -0.05) is 19.4 Å². The molecule has 1 N–H and O–H groups in total. The van der Waals surface area contributed by atoms with Gasteiger partial charge in [0.2, 0.25) is 0 Å². The molecular weight excluding hydrogens is 240 g/mol. The zero-order valence-corrected chi connectivity index (χ0v) is 11.4. The average Bonchev–Trinajstić information content (AvgIpc) is 2.93. The van der Waals surface area contributed by atoms with Crippen molar-refractivity contribution in [2.75, 3.05) is 6.54 Å². The monoisotopic (exact) mass is 258 g/mol. The van der Waals surface area contributed by atoms with Crippen LogP contribution in [-0.4, -0.2) is 11.5 Å². The van der Waals surface area contributed by atoms with Gasteiger partial charge in [0.15, 0.2) is 0 Å². The molecule has 0 fully saturated rings. The normalized spacial score (nSPS) is 10.9. The van der Waals surface area contributed by atoms with Crippen LogP contribution in [0.2, 0.25) is 0 Å². The molecule has 0 unspecified atom stereocenters. The molecule has 0 saturated heterocycles. The van der Waals surface area contributed by atoms with Gasteiger partial charge in [0, 0.05) is 23.2 Å². The largest absolute Gasteiger partial charge is 0.391 e. The fourth-order valence-corrected chi connectivity index (χ4v) is 2.32. The zero-order valence-electron chi connectivity index (χ0n) is 10.6. The summed E-state index contributed by atoms with van der Waals surface area (Å²) < 4.78 is 0. The lowest BCUT2D eigenvalue weighted by Crippen LogP contribution is -2.05. The molecule has 0 bridgehead atoms. The molecule has 0 aliphatic rings. The number of nitrogens with zero attached hydrogens (tertiary/aromatic N) is 1. The Kier molecular flexibility index (Phi) is 4.97. The summed E-state index contributed by atoms with van der Waals surface area (Å²) in [5, 5.41) is 5.34. The molecule has 0 atom stereocenters. The molecule has 3 heteroatoms. The maximum absolute atomic E-state index is 4.43.